The van der Waals surface area contributed by atoms with E-state index in [2.05, 4.69) is 5.32 Å². The highest BCUT2D eigenvalue weighted by Crippen LogP contribution is 2.26. The third-order valence-corrected chi connectivity index (χ3v) is 7.36. The molecule has 0 aliphatic rings. The molecule has 33 heavy (non-hydrogen) atoms. The van der Waals surface area contributed by atoms with Crippen molar-refractivity contribution in [3.63, 3.8) is 0 Å². The second-order valence-corrected chi connectivity index (χ2v) is 10.2. The molecule has 3 rings (SSSR count). The van der Waals surface area contributed by atoms with Crippen molar-refractivity contribution in [2.24, 2.45) is 0 Å². The maximum atomic E-state index is 13.3. The van der Waals surface area contributed by atoms with Crippen LogP contribution in [-0.2, 0) is 21.4 Å². The minimum Gasteiger partial charge on any atom is -0.494 e. The lowest BCUT2D eigenvalue weighted by atomic mass is 10.2. The molecule has 6 nitrogen and oxygen atoms in total. The number of sulfonamides is 1. The van der Waals surface area contributed by atoms with Crippen LogP contribution < -0.4 is 10.1 Å². The highest BCUT2D eigenvalue weighted by Gasteiger charge is 2.27. The summed E-state index contributed by atoms with van der Waals surface area (Å²) in [7, 11) is -4.02. The second kappa shape index (κ2) is 11.2. The topological polar surface area (TPSA) is 75.7 Å². The molecule has 3 aromatic rings. The summed E-state index contributed by atoms with van der Waals surface area (Å²) in [6, 6.07) is 17.3. The van der Waals surface area contributed by atoms with Crippen molar-refractivity contribution >= 4 is 56.4 Å². The minimum absolute atomic E-state index is 0.0147. The quantitative estimate of drug-likeness (QED) is 0.377. The number of anilines is 1. The van der Waals surface area contributed by atoms with Crippen molar-refractivity contribution in [1.29, 1.82) is 0 Å². The van der Waals surface area contributed by atoms with Gasteiger partial charge in [-0.05, 0) is 73.2 Å². The van der Waals surface area contributed by atoms with Crippen LogP contribution in [0.25, 0.3) is 0 Å². The number of rotatable bonds is 9. The van der Waals surface area contributed by atoms with Crippen molar-refractivity contribution in [3.05, 3.63) is 87.4 Å². The molecule has 0 aliphatic carbocycles. The van der Waals surface area contributed by atoms with Crippen LogP contribution in [0.1, 0.15) is 12.5 Å². The SMILES string of the molecule is CCOc1ccc(NC(=O)CN(Cc2ccc(Cl)c(Cl)c2)S(=O)(=O)c2ccc(Cl)cc2)cc1. The lowest BCUT2D eigenvalue weighted by Crippen LogP contribution is -2.37. The van der Waals surface area contributed by atoms with Crippen LogP contribution in [0.2, 0.25) is 15.1 Å². The number of benzene rings is 3. The molecule has 0 spiro atoms. The van der Waals surface area contributed by atoms with Gasteiger partial charge in [0.15, 0.2) is 0 Å². The predicted octanol–water partition coefficient (Wildman–Crippen LogP) is 5.88. The van der Waals surface area contributed by atoms with E-state index in [1.54, 1.807) is 42.5 Å². The van der Waals surface area contributed by atoms with Gasteiger partial charge in [0.1, 0.15) is 5.75 Å². The van der Waals surface area contributed by atoms with Crippen LogP contribution in [0.3, 0.4) is 0 Å². The Labute approximate surface area is 208 Å². The number of hydrogen-bond acceptors (Lipinski definition) is 4. The zero-order valence-electron chi connectivity index (χ0n) is 17.6. The zero-order valence-corrected chi connectivity index (χ0v) is 20.7. The Hall–Kier alpha value is -2.29. The summed E-state index contributed by atoms with van der Waals surface area (Å²) in [6.07, 6.45) is 0. The van der Waals surface area contributed by atoms with Gasteiger partial charge in [-0.1, -0.05) is 40.9 Å². The van der Waals surface area contributed by atoms with Crippen LogP contribution in [0, 0.1) is 0 Å². The number of carbonyl (C=O) groups excluding carboxylic acids is 1. The van der Waals surface area contributed by atoms with Gasteiger partial charge in [0.05, 0.1) is 28.1 Å². The lowest BCUT2D eigenvalue weighted by Gasteiger charge is -2.22. The Kier molecular flexibility index (Phi) is 8.62. The van der Waals surface area contributed by atoms with Gasteiger partial charge in [-0.25, -0.2) is 8.42 Å². The van der Waals surface area contributed by atoms with Crippen molar-refractivity contribution < 1.29 is 17.9 Å². The zero-order chi connectivity index (χ0) is 24.0. The fourth-order valence-corrected chi connectivity index (χ4v) is 4.82. The van der Waals surface area contributed by atoms with Gasteiger partial charge in [-0.3, -0.25) is 4.79 Å². The maximum Gasteiger partial charge on any atom is 0.243 e. The summed E-state index contributed by atoms with van der Waals surface area (Å²) in [5.74, 6) is 0.166. The van der Waals surface area contributed by atoms with Gasteiger partial charge < -0.3 is 10.1 Å². The molecule has 3 aromatic carbocycles. The molecule has 0 fully saturated rings. The smallest absolute Gasteiger partial charge is 0.243 e. The monoisotopic (exact) mass is 526 g/mol. The van der Waals surface area contributed by atoms with Crippen molar-refractivity contribution in [1.82, 2.24) is 4.31 Å². The standard InChI is InChI=1S/C23H21Cl3N2O4S/c1-2-32-19-8-6-18(7-9-19)27-23(29)15-28(14-16-3-12-21(25)22(26)13-16)33(30,31)20-10-4-17(24)5-11-20/h3-13H,2,14-15H2,1H3,(H,27,29). The van der Waals surface area contributed by atoms with Crippen molar-refractivity contribution in [2.75, 3.05) is 18.5 Å². The van der Waals surface area contributed by atoms with E-state index in [-0.39, 0.29) is 16.5 Å². The summed E-state index contributed by atoms with van der Waals surface area (Å²) in [5.41, 5.74) is 1.10. The number of nitrogens with zero attached hydrogens (tertiary/aromatic N) is 1. The summed E-state index contributed by atoms with van der Waals surface area (Å²) < 4.78 is 33.1. The van der Waals surface area contributed by atoms with Crippen molar-refractivity contribution in [3.8, 4) is 5.75 Å². The number of carbonyl (C=O) groups is 1. The molecule has 1 N–H and O–H groups in total. The number of ether oxygens (including phenoxy) is 1. The van der Waals surface area contributed by atoms with Crippen LogP contribution in [0.15, 0.2) is 71.6 Å². The van der Waals surface area contributed by atoms with E-state index in [0.717, 1.165) is 4.31 Å². The average Bonchev–Trinajstić information content (AvgIpc) is 2.77. The number of hydrogen-bond donors (Lipinski definition) is 1. The van der Waals surface area contributed by atoms with Gasteiger partial charge >= 0.3 is 0 Å². The molecular weight excluding hydrogens is 507 g/mol. The van der Waals surface area contributed by atoms with Crippen LogP contribution in [-0.4, -0.2) is 31.8 Å². The fourth-order valence-electron chi connectivity index (χ4n) is 2.98. The molecule has 0 aliphatic heterocycles. The number of amides is 1. The van der Waals surface area contributed by atoms with Gasteiger partial charge in [0.2, 0.25) is 15.9 Å². The summed E-state index contributed by atoms with van der Waals surface area (Å²) in [5, 5.41) is 3.75. The Morgan fingerprint density at radius 2 is 1.61 bits per heavy atom. The first-order valence-corrected chi connectivity index (χ1v) is 12.5. The third kappa shape index (κ3) is 6.85. The van der Waals surface area contributed by atoms with Gasteiger partial charge in [0.25, 0.3) is 0 Å². The summed E-state index contributed by atoms with van der Waals surface area (Å²) in [4.78, 5) is 12.8. The van der Waals surface area contributed by atoms with Crippen LogP contribution in [0.4, 0.5) is 5.69 Å². The largest absolute Gasteiger partial charge is 0.494 e. The molecule has 174 valence electrons. The Morgan fingerprint density at radius 3 is 2.21 bits per heavy atom. The predicted molar refractivity (Wildman–Crippen MR) is 132 cm³/mol. The third-order valence-electron chi connectivity index (χ3n) is 4.56. The molecule has 0 heterocycles. The molecule has 1 amide bonds. The maximum absolute atomic E-state index is 13.3. The molecule has 0 atom stereocenters. The molecule has 0 bridgehead atoms. The number of nitrogens with one attached hydrogen (secondary N) is 1. The molecule has 0 saturated heterocycles. The van der Waals surface area contributed by atoms with Crippen LogP contribution >= 0.6 is 34.8 Å². The molecular formula is C23H21Cl3N2O4S. The molecule has 10 heteroatoms. The minimum atomic E-state index is -4.02. The average molecular weight is 528 g/mol. The molecule has 0 saturated carbocycles. The van der Waals surface area contributed by atoms with E-state index < -0.39 is 22.5 Å². The second-order valence-electron chi connectivity index (χ2n) is 6.98. The molecule has 0 aromatic heterocycles. The van der Waals surface area contributed by atoms with Crippen LogP contribution in [0.5, 0.6) is 5.75 Å². The van der Waals surface area contributed by atoms with E-state index in [4.69, 9.17) is 39.5 Å². The first-order valence-electron chi connectivity index (χ1n) is 9.91. The summed E-state index contributed by atoms with van der Waals surface area (Å²) in [6.45, 7) is 1.90. The van der Waals surface area contributed by atoms with Crippen molar-refractivity contribution in [2.45, 2.75) is 18.4 Å². The van der Waals surface area contributed by atoms with E-state index in [9.17, 15) is 13.2 Å². The molecule has 0 radical (unpaired) electrons. The first-order chi connectivity index (χ1) is 15.7. The first kappa shape index (κ1) is 25.3. The molecule has 0 unspecified atom stereocenters. The summed E-state index contributed by atoms with van der Waals surface area (Å²) >= 11 is 18.0. The highest BCUT2D eigenvalue weighted by atomic mass is 35.5. The normalized spacial score (nSPS) is 11.4. The Bertz CT molecular complexity index is 1220. The highest BCUT2D eigenvalue weighted by molar-refractivity contribution is 7.89. The Balaban J connectivity index is 1.84. The van der Waals surface area contributed by atoms with E-state index in [1.807, 2.05) is 6.92 Å². The van der Waals surface area contributed by atoms with Gasteiger partial charge in [-0.15, -0.1) is 0 Å². The van der Waals surface area contributed by atoms with Gasteiger partial charge in [0, 0.05) is 17.3 Å². The van der Waals surface area contributed by atoms with E-state index in [0.29, 0.717) is 33.7 Å². The number of halogens is 3. The lowest BCUT2D eigenvalue weighted by molar-refractivity contribution is -0.116. The van der Waals surface area contributed by atoms with E-state index >= 15 is 0 Å². The van der Waals surface area contributed by atoms with Gasteiger partial charge in [-0.2, -0.15) is 4.31 Å². The van der Waals surface area contributed by atoms with E-state index in [1.165, 1.54) is 24.3 Å². The Morgan fingerprint density at radius 1 is 0.939 bits per heavy atom. The fraction of sp³-hybridized carbons (Fsp3) is 0.174.